The van der Waals surface area contributed by atoms with Gasteiger partial charge in [-0.2, -0.15) is 0 Å². The SMILES string of the molecule is Cc1cc(C)cc(C(=O)N2CCC3(CCNC3)C2)c1.Cl. The molecule has 1 unspecified atom stereocenters. The molecule has 2 saturated heterocycles. The molecule has 1 atom stereocenters. The number of benzene rings is 1. The van der Waals surface area contributed by atoms with Crippen molar-refractivity contribution in [2.24, 2.45) is 5.41 Å². The molecule has 0 aromatic heterocycles. The van der Waals surface area contributed by atoms with E-state index in [1.807, 2.05) is 17.0 Å². The zero-order valence-electron chi connectivity index (χ0n) is 12.2. The third kappa shape index (κ3) is 2.84. The molecule has 3 rings (SSSR count). The lowest BCUT2D eigenvalue weighted by molar-refractivity contribution is 0.0775. The second-order valence-corrected chi connectivity index (χ2v) is 6.28. The first-order valence-corrected chi connectivity index (χ1v) is 7.16. The van der Waals surface area contributed by atoms with Gasteiger partial charge in [0.15, 0.2) is 0 Å². The van der Waals surface area contributed by atoms with Crippen LogP contribution in [0.4, 0.5) is 0 Å². The molecule has 2 fully saturated rings. The fraction of sp³-hybridized carbons (Fsp3) is 0.562. The maximum atomic E-state index is 12.6. The van der Waals surface area contributed by atoms with E-state index in [-0.39, 0.29) is 18.3 Å². The summed E-state index contributed by atoms with van der Waals surface area (Å²) in [6.45, 7) is 8.11. The summed E-state index contributed by atoms with van der Waals surface area (Å²) in [4.78, 5) is 14.6. The number of halogens is 1. The highest BCUT2D eigenvalue weighted by molar-refractivity contribution is 5.94. The number of carbonyl (C=O) groups excluding carboxylic acids is 1. The monoisotopic (exact) mass is 294 g/mol. The Bertz CT molecular complexity index is 489. The normalized spacial score (nSPS) is 25.0. The number of aryl methyl sites for hydroxylation is 2. The van der Waals surface area contributed by atoms with Gasteiger partial charge in [-0.15, -0.1) is 12.4 Å². The van der Waals surface area contributed by atoms with Gasteiger partial charge >= 0.3 is 0 Å². The fourth-order valence-electron chi connectivity index (χ4n) is 3.53. The molecule has 3 nitrogen and oxygen atoms in total. The van der Waals surface area contributed by atoms with Crippen LogP contribution in [0.5, 0.6) is 0 Å². The number of amides is 1. The van der Waals surface area contributed by atoms with Gasteiger partial charge in [-0.25, -0.2) is 0 Å². The molecule has 2 aliphatic rings. The van der Waals surface area contributed by atoms with Gasteiger partial charge in [0.2, 0.25) is 0 Å². The Morgan fingerprint density at radius 2 is 1.90 bits per heavy atom. The second kappa shape index (κ2) is 5.74. The molecule has 0 radical (unpaired) electrons. The quantitative estimate of drug-likeness (QED) is 0.863. The average molecular weight is 295 g/mol. The topological polar surface area (TPSA) is 32.3 Å². The first-order valence-electron chi connectivity index (χ1n) is 7.16. The molecule has 0 bridgehead atoms. The van der Waals surface area contributed by atoms with E-state index in [1.54, 1.807) is 0 Å². The van der Waals surface area contributed by atoms with Crippen LogP contribution in [0.15, 0.2) is 18.2 Å². The zero-order valence-corrected chi connectivity index (χ0v) is 13.1. The fourth-order valence-corrected chi connectivity index (χ4v) is 3.53. The van der Waals surface area contributed by atoms with Crippen molar-refractivity contribution in [3.63, 3.8) is 0 Å². The number of nitrogens with zero attached hydrogens (tertiary/aromatic N) is 1. The van der Waals surface area contributed by atoms with Gasteiger partial charge in [-0.05, 0) is 45.4 Å². The smallest absolute Gasteiger partial charge is 0.253 e. The summed E-state index contributed by atoms with van der Waals surface area (Å²) in [5, 5.41) is 3.43. The van der Waals surface area contributed by atoms with Crippen molar-refractivity contribution in [1.82, 2.24) is 10.2 Å². The van der Waals surface area contributed by atoms with Crippen molar-refractivity contribution in [2.75, 3.05) is 26.2 Å². The highest BCUT2D eigenvalue weighted by atomic mass is 35.5. The lowest BCUT2D eigenvalue weighted by Gasteiger charge is -2.23. The number of likely N-dealkylation sites (tertiary alicyclic amines) is 1. The Hall–Kier alpha value is -1.06. The van der Waals surface area contributed by atoms with E-state index >= 15 is 0 Å². The standard InChI is InChI=1S/C16H22N2O.ClH/c1-12-7-13(2)9-14(8-12)15(19)18-6-4-16(11-18)3-5-17-10-16;/h7-9,17H,3-6,10-11H2,1-2H3;1H. The maximum Gasteiger partial charge on any atom is 0.253 e. The van der Waals surface area contributed by atoms with Crippen molar-refractivity contribution >= 4 is 18.3 Å². The molecular formula is C16H23ClN2O. The van der Waals surface area contributed by atoms with Crippen molar-refractivity contribution in [1.29, 1.82) is 0 Å². The zero-order chi connectivity index (χ0) is 13.5. The van der Waals surface area contributed by atoms with Gasteiger partial charge < -0.3 is 10.2 Å². The van der Waals surface area contributed by atoms with Crippen molar-refractivity contribution in [2.45, 2.75) is 26.7 Å². The van der Waals surface area contributed by atoms with Crippen LogP contribution in [-0.2, 0) is 0 Å². The van der Waals surface area contributed by atoms with E-state index in [4.69, 9.17) is 0 Å². The lowest BCUT2D eigenvalue weighted by Crippen LogP contribution is -2.33. The highest BCUT2D eigenvalue weighted by Crippen LogP contribution is 2.36. The Kier molecular flexibility index (Phi) is 4.40. The van der Waals surface area contributed by atoms with Gasteiger partial charge in [0.1, 0.15) is 0 Å². The predicted molar refractivity (Wildman–Crippen MR) is 83.6 cm³/mol. The third-order valence-electron chi connectivity index (χ3n) is 4.53. The minimum absolute atomic E-state index is 0. The molecule has 4 heteroatoms. The number of rotatable bonds is 1. The summed E-state index contributed by atoms with van der Waals surface area (Å²) >= 11 is 0. The average Bonchev–Trinajstić information content (AvgIpc) is 2.98. The minimum atomic E-state index is 0. The van der Waals surface area contributed by atoms with Crippen LogP contribution in [0.2, 0.25) is 0 Å². The summed E-state index contributed by atoms with van der Waals surface area (Å²) < 4.78 is 0. The van der Waals surface area contributed by atoms with Crippen molar-refractivity contribution in [3.8, 4) is 0 Å². The number of hydrogen-bond acceptors (Lipinski definition) is 2. The molecule has 2 aliphatic heterocycles. The van der Waals surface area contributed by atoms with Crippen molar-refractivity contribution in [3.05, 3.63) is 34.9 Å². The summed E-state index contributed by atoms with van der Waals surface area (Å²) in [6.07, 6.45) is 2.36. The Morgan fingerprint density at radius 1 is 1.20 bits per heavy atom. The van der Waals surface area contributed by atoms with Crippen LogP contribution in [0.3, 0.4) is 0 Å². The van der Waals surface area contributed by atoms with Gasteiger partial charge in [0.25, 0.3) is 5.91 Å². The van der Waals surface area contributed by atoms with Crippen LogP contribution < -0.4 is 5.32 Å². The molecule has 110 valence electrons. The molecule has 1 spiro atoms. The van der Waals surface area contributed by atoms with E-state index in [0.29, 0.717) is 5.41 Å². The van der Waals surface area contributed by atoms with Crippen LogP contribution in [-0.4, -0.2) is 37.0 Å². The van der Waals surface area contributed by atoms with E-state index < -0.39 is 0 Å². The van der Waals surface area contributed by atoms with Crippen LogP contribution in [0.1, 0.15) is 34.3 Å². The van der Waals surface area contributed by atoms with Gasteiger partial charge in [-0.3, -0.25) is 4.79 Å². The van der Waals surface area contributed by atoms with E-state index in [1.165, 1.54) is 17.5 Å². The molecular weight excluding hydrogens is 272 g/mol. The molecule has 1 aromatic rings. The molecule has 1 amide bonds. The predicted octanol–water partition coefficient (Wildman–Crippen LogP) is 2.55. The Balaban J connectivity index is 0.00000147. The second-order valence-electron chi connectivity index (χ2n) is 6.28. The molecule has 0 aliphatic carbocycles. The first-order chi connectivity index (χ1) is 9.08. The van der Waals surface area contributed by atoms with Crippen molar-refractivity contribution < 1.29 is 4.79 Å². The summed E-state index contributed by atoms with van der Waals surface area (Å²) in [7, 11) is 0. The van der Waals surface area contributed by atoms with E-state index in [2.05, 4.69) is 25.2 Å². The number of nitrogens with one attached hydrogen (secondary N) is 1. The van der Waals surface area contributed by atoms with Crippen LogP contribution in [0.25, 0.3) is 0 Å². The van der Waals surface area contributed by atoms with Crippen LogP contribution in [0, 0.1) is 19.3 Å². The van der Waals surface area contributed by atoms with Crippen LogP contribution >= 0.6 is 12.4 Å². The lowest BCUT2D eigenvalue weighted by atomic mass is 9.86. The number of carbonyl (C=O) groups is 1. The number of hydrogen-bond donors (Lipinski definition) is 1. The molecule has 0 saturated carbocycles. The Morgan fingerprint density at radius 3 is 2.50 bits per heavy atom. The summed E-state index contributed by atoms with van der Waals surface area (Å²) in [5.74, 6) is 0.204. The Labute approximate surface area is 127 Å². The molecule has 20 heavy (non-hydrogen) atoms. The van der Waals surface area contributed by atoms with Gasteiger partial charge in [0, 0.05) is 30.6 Å². The van der Waals surface area contributed by atoms with Gasteiger partial charge in [0.05, 0.1) is 0 Å². The maximum absolute atomic E-state index is 12.6. The molecule has 1 N–H and O–H groups in total. The summed E-state index contributed by atoms with van der Waals surface area (Å²) in [5.41, 5.74) is 3.54. The molecule has 1 aromatic carbocycles. The summed E-state index contributed by atoms with van der Waals surface area (Å²) in [6, 6.07) is 6.13. The van der Waals surface area contributed by atoms with E-state index in [9.17, 15) is 4.79 Å². The highest BCUT2D eigenvalue weighted by Gasteiger charge is 2.41. The largest absolute Gasteiger partial charge is 0.338 e. The first kappa shape index (κ1) is 15.3. The molecule has 2 heterocycles. The third-order valence-corrected chi connectivity index (χ3v) is 4.53. The van der Waals surface area contributed by atoms with Gasteiger partial charge in [-0.1, -0.05) is 17.2 Å². The minimum Gasteiger partial charge on any atom is -0.338 e. The van der Waals surface area contributed by atoms with E-state index in [0.717, 1.165) is 38.2 Å².